The third-order valence-corrected chi connectivity index (χ3v) is 3.10. The molecule has 0 spiro atoms. The van der Waals surface area contributed by atoms with E-state index >= 15 is 0 Å². The molecule has 2 nitrogen and oxygen atoms in total. The fraction of sp³-hybridized carbons (Fsp3) is 0.133. The van der Waals surface area contributed by atoms with Crippen LogP contribution in [0.1, 0.15) is 24.2 Å². The monoisotopic (exact) mass is 260 g/mol. The Bertz CT molecular complexity index is 478. The Kier molecular flexibility index (Phi) is 6.01. The minimum atomic E-state index is -0.892. The summed E-state index contributed by atoms with van der Waals surface area (Å²) in [5.41, 5.74) is 0.317. The van der Waals surface area contributed by atoms with E-state index in [1.807, 2.05) is 56.3 Å². The summed E-state index contributed by atoms with van der Waals surface area (Å²) in [6.07, 6.45) is 0. The number of aromatic carboxylic acids is 1. The highest BCUT2D eigenvalue weighted by Gasteiger charge is 2.02. The predicted octanol–water partition coefficient (Wildman–Crippen LogP) is 4.56. The summed E-state index contributed by atoms with van der Waals surface area (Å²) in [5.74, 6) is -0.892. The number of carbonyl (C=O) groups is 1. The summed E-state index contributed by atoms with van der Waals surface area (Å²) in [7, 11) is 0. The first-order valence-electron chi connectivity index (χ1n) is 5.82. The first-order valence-corrected chi connectivity index (χ1v) is 6.63. The summed E-state index contributed by atoms with van der Waals surface area (Å²) in [5, 5.41) is 8.76. The Morgan fingerprint density at radius 1 is 0.889 bits per heavy atom. The molecule has 2 rings (SSSR count). The average Bonchev–Trinajstić information content (AvgIpc) is 2.43. The highest BCUT2D eigenvalue weighted by Crippen LogP contribution is 2.27. The zero-order valence-electron chi connectivity index (χ0n) is 10.5. The summed E-state index contributed by atoms with van der Waals surface area (Å²) in [6.45, 7) is 4.00. The number of carboxylic acids is 1. The van der Waals surface area contributed by atoms with Crippen molar-refractivity contribution in [3.8, 4) is 0 Å². The fourth-order valence-corrected chi connectivity index (χ4v) is 2.13. The molecule has 3 heteroatoms. The first kappa shape index (κ1) is 14.3. The number of benzene rings is 2. The van der Waals surface area contributed by atoms with E-state index in [1.54, 1.807) is 23.9 Å². The molecule has 0 aliphatic rings. The third kappa shape index (κ3) is 4.26. The van der Waals surface area contributed by atoms with Gasteiger partial charge in [-0.1, -0.05) is 43.8 Å². The maximum Gasteiger partial charge on any atom is 0.335 e. The molecule has 0 aliphatic carbocycles. The van der Waals surface area contributed by atoms with E-state index < -0.39 is 5.97 Å². The Morgan fingerprint density at radius 2 is 1.39 bits per heavy atom. The second kappa shape index (κ2) is 7.56. The van der Waals surface area contributed by atoms with Crippen molar-refractivity contribution in [3.05, 3.63) is 60.2 Å². The van der Waals surface area contributed by atoms with Gasteiger partial charge in [0.15, 0.2) is 0 Å². The van der Waals surface area contributed by atoms with Crippen molar-refractivity contribution in [2.45, 2.75) is 23.6 Å². The van der Waals surface area contributed by atoms with Gasteiger partial charge >= 0.3 is 5.97 Å². The van der Waals surface area contributed by atoms with Crippen molar-refractivity contribution >= 4 is 17.7 Å². The molecule has 0 radical (unpaired) electrons. The lowest BCUT2D eigenvalue weighted by Crippen LogP contribution is -1.94. The largest absolute Gasteiger partial charge is 0.478 e. The van der Waals surface area contributed by atoms with Crippen molar-refractivity contribution < 1.29 is 9.90 Å². The lowest BCUT2D eigenvalue weighted by atomic mass is 10.2. The van der Waals surface area contributed by atoms with Crippen LogP contribution in [0.5, 0.6) is 0 Å². The molecule has 94 valence electrons. The van der Waals surface area contributed by atoms with E-state index in [4.69, 9.17) is 5.11 Å². The van der Waals surface area contributed by atoms with Crippen molar-refractivity contribution in [3.63, 3.8) is 0 Å². The molecule has 0 fully saturated rings. The molecule has 0 saturated heterocycles. The SMILES string of the molecule is CC.O=C(O)c1ccc(Sc2ccccc2)cc1. The summed E-state index contributed by atoms with van der Waals surface area (Å²) < 4.78 is 0. The smallest absolute Gasteiger partial charge is 0.335 e. The van der Waals surface area contributed by atoms with Gasteiger partial charge in [0.25, 0.3) is 0 Å². The first-order chi connectivity index (χ1) is 8.75. The maximum absolute atomic E-state index is 10.7. The molecule has 0 unspecified atom stereocenters. The molecular formula is C15H16O2S. The van der Waals surface area contributed by atoms with Crippen LogP contribution in [-0.2, 0) is 0 Å². The standard InChI is InChI=1S/C13H10O2S.C2H6/c14-13(15)10-6-8-12(9-7-10)16-11-4-2-1-3-5-11;1-2/h1-9H,(H,14,15);1-2H3. The zero-order valence-corrected chi connectivity index (χ0v) is 11.3. The van der Waals surface area contributed by atoms with Gasteiger partial charge in [0.05, 0.1) is 5.56 Å². The van der Waals surface area contributed by atoms with Crippen LogP contribution in [0, 0.1) is 0 Å². The van der Waals surface area contributed by atoms with Crippen LogP contribution in [0.4, 0.5) is 0 Å². The van der Waals surface area contributed by atoms with Crippen LogP contribution in [0.25, 0.3) is 0 Å². The van der Waals surface area contributed by atoms with Gasteiger partial charge in [0.2, 0.25) is 0 Å². The maximum atomic E-state index is 10.7. The Morgan fingerprint density at radius 3 is 1.89 bits per heavy atom. The highest BCUT2D eigenvalue weighted by atomic mass is 32.2. The lowest BCUT2D eigenvalue weighted by molar-refractivity contribution is 0.0697. The van der Waals surface area contributed by atoms with Gasteiger partial charge in [-0.05, 0) is 36.4 Å². The van der Waals surface area contributed by atoms with Crippen molar-refractivity contribution in [2.75, 3.05) is 0 Å². The molecule has 0 heterocycles. The molecule has 0 saturated carbocycles. The van der Waals surface area contributed by atoms with Crippen LogP contribution in [0.2, 0.25) is 0 Å². The summed E-state index contributed by atoms with van der Waals surface area (Å²) in [4.78, 5) is 12.8. The highest BCUT2D eigenvalue weighted by molar-refractivity contribution is 7.99. The molecular weight excluding hydrogens is 244 g/mol. The van der Waals surface area contributed by atoms with Gasteiger partial charge in [-0.25, -0.2) is 4.79 Å². The Hall–Kier alpha value is -1.74. The van der Waals surface area contributed by atoms with Crippen LogP contribution < -0.4 is 0 Å². The predicted molar refractivity (Wildman–Crippen MR) is 75.3 cm³/mol. The van der Waals surface area contributed by atoms with E-state index in [0.717, 1.165) is 9.79 Å². The van der Waals surface area contributed by atoms with Crippen molar-refractivity contribution in [1.82, 2.24) is 0 Å². The van der Waals surface area contributed by atoms with Crippen LogP contribution >= 0.6 is 11.8 Å². The van der Waals surface area contributed by atoms with Crippen molar-refractivity contribution in [1.29, 1.82) is 0 Å². The number of rotatable bonds is 3. The van der Waals surface area contributed by atoms with Gasteiger partial charge in [-0.3, -0.25) is 0 Å². The van der Waals surface area contributed by atoms with E-state index in [9.17, 15) is 4.79 Å². The third-order valence-electron chi connectivity index (χ3n) is 2.08. The Labute approximate surface area is 112 Å². The van der Waals surface area contributed by atoms with Gasteiger partial charge in [-0.15, -0.1) is 0 Å². The minimum absolute atomic E-state index is 0.317. The van der Waals surface area contributed by atoms with Crippen molar-refractivity contribution in [2.24, 2.45) is 0 Å². The van der Waals surface area contributed by atoms with E-state index in [-0.39, 0.29) is 0 Å². The molecule has 0 aliphatic heterocycles. The quantitative estimate of drug-likeness (QED) is 0.878. The second-order valence-electron chi connectivity index (χ2n) is 3.24. The average molecular weight is 260 g/mol. The number of hydrogen-bond acceptors (Lipinski definition) is 2. The van der Waals surface area contributed by atoms with Gasteiger partial charge in [0.1, 0.15) is 0 Å². The number of hydrogen-bond donors (Lipinski definition) is 1. The molecule has 0 atom stereocenters. The van der Waals surface area contributed by atoms with Gasteiger partial charge in [-0.2, -0.15) is 0 Å². The van der Waals surface area contributed by atoms with Gasteiger partial charge in [0, 0.05) is 9.79 Å². The van der Waals surface area contributed by atoms with E-state index in [0.29, 0.717) is 5.56 Å². The summed E-state index contributed by atoms with van der Waals surface area (Å²) in [6, 6.07) is 16.9. The molecule has 0 aromatic heterocycles. The van der Waals surface area contributed by atoms with Crippen LogP contribution in [-0.4, -0.2) is 11.1 Å². The number of carboxylic acid groups (broad SMARTS) is 1. The molecule has 0 amide bonds. The molecule has 18 heavy (non-hydrogen) atoms. The zero-order chi connectivity index (χ0) is 13.4. The van der Waals surface area contributed by atoms with Gasteiger partial charge < -0.3 is 5.11 Å². The normalized spacial score (nSPS) is 9.22. The molecule has 1 N–H and O–H groups in total. The molecule has 2 aromatic carbocycles. The van der Waals surface area contributed by atoms with E-state index in [2.05, 4.69) is 0 Å². The minimum Gasteiger partial charge on any atom is -0.478 e. The van der Waals surface area contributed by atoms with Crippen LogP contribution in [0.3, 0.4) is 0 Å². The molecule has 0 bridgehead atoms. The second-order valence-corrected chi connectivity index (χ2v) is 4.39. The molecule has 2 aromatic rings. The topological polar surface area (TPSA) is 37.3 Å². The fourth-order valence-electron chi connectivity index (χ4n) is 1.29. The van der Waals surface area contributed by atoms with Crippen LogP contribution in [0.15, 0.2) is 64.4 Å². The van der Waals surface area contributed by atoms with E-state index in [1.165, 1.54) is 0 Å². The Balaban J connectivity index is 0.000000771. The summed E-state index contributed by atoms with van der Waals surface area (Å²) >= 11 is 1.62. The lowest BCUT2D eigenvalue weighted by Gasteiger charge is -2.01.